The molecule has 1 heteroatoms. The van der Waals surface area contributed by atoms with E-state index in [-0.39, 0.29) is 0 Å². The lowest BCUT2D eigenvalue weighted by molar-refractivity contribution is 0.418. The van der Waals surface area contributed by atoms with Gasteiger partial charge in [-0.15, -0.1) is 0 Å². The van der Waals surface area contributed by atoms with Crippen molar-refractivity contribution in [3.63, 3.8) is 0 Å². The summed E-state index contributed by atoms with van der Waals surface area (Å²) in [6, 6.07) is 16.3. The number of hydrogen-bond donors (Lipinski definition) is 1. The average Bonchev–Trinajstić information content (AvgIpc) is 2.46. The van der Waals surface area contributed by atoms with E-state index >= 15 is 0 Å². The lowest BCUT2D eigenvalue weighted by Gasteiger charge is -2.23. The van der Waals surface area contributed by atoms with Gasteiger partial charge in [0.2, 0.25) is 0 Å². The van der Waals surface area contributed by atoms with E-state index in [9.17, 15) is 0 Å². The van der Waals surface area contributed by atoms with Crippen LogP contribution in [0, 0.1) is 0 Å². The van der Waals surface area contributed by atoms with E-state index in [1.54, 1.807) is 0 Å². The fourth-order valence-electron chi connectivity index (χ4n) is 2.83. The van der Waals surface area contributed by atoms with Gasteiger partial charge in [-0.05, 0) is 36.1 Å². The molecule has 0 amide bonds. The molecule has 0 bridgehead atoms. The van der Waals surface area contributed by atoms with Crippen LogP contribution in [0.1, 0.15) is 51.6 Å². The van der Waals surface area contributed by atoms with Crippen LogP contribution in [0.4, 0.5) is 0 Å². The molecule has 0 heterocycles. The van der Waals surface area contributed by atoms with Crippen molar-refractivity contribution in [1.82, 2.24) is 5.32 Å². The van der Waals surface area contributed by atoms with Gasteiger partial charge in [0.05, 0.1) is 0 Å². The third-order valence-corrected chi connectivity index (χ3v) is 3.91. The molecule has 19 heavy (non-hydrogen) atoms. The van der Waals surface area contributed by atoms with Gasteiger partial charge in [-0.3, -0.25) is 0 Å². The Morgan fingerprint density at radius 3 is 2.47 bits per heavy atom. The van der Waals surface area contributed by atoms with Crippen molar-refractivity contribution >= 4 is 10.8 Å². The Kier molecular flexibility index (Phi) is 4.98. The van der Waals surface area contributed by atoms with E-state index in [1.807, 2.05) is 0 Å². The van der Waals surface area contributed by atoms with E-state index in [2.05, 4.69) is 68.6 Å². The largest absolute Gasteiger partial charge is 0.307 e. The van der Waals surface area contributed by atoms with Crippen LogP contribution in [0.2, 0.25) is 0 Å². The van der Waals surface area contributed by atoms with Crippen LogP contribution in [0.3, 0.4) is 0 Å². The highest BCUT2D eigenvalue weighted by Crippen LogP contribution is 2.24. The first-order chi connectivity index (χ1) is 9.26. The van der Waals surface area contributed by atoms with Crippen LogP contribution in [0.15, 0.2) is 42.5 Å². The van der Waals surface area contributed by atoms with E-state index in [0.717, 1.165) is 0 Å². The molecule has 0 aliphatic rings. The molecule has 2 unspecified atom stereocenters. The monoisotopic (exact) mass is 255 g/mol. The summed E-state index contributed by atoms with van der Waals surface area (Å²) >= 11 is 0. The van der Waals surface area contributed by atoms with Crippen LogP contribution in [0.5, 0.6) is 0 Å². The highest BCUT2D eigenvalue weighted by Gasteiger charge is 2.13. The summed E-state index contributed by atoms with van der Waals surface area (Å²) < 4.78 is 0. The second-order valence-corrected chi connectivity index (χ2v) is 5.35. The molecule has 1 N–H and O–H groups in total. The zero-order chi connectivity index (χ0) is 13.7. The summed E-state index contributed by atoms with van der Waals surface area (Å²) in [5.74, 6) is 0. The Hall–Kier alpha value is -1.34. The minimum absolute atomic E-state index is 0.405. The van der Waals surface area contributed by atoms with Gasteiger partial charge in [-0.1, -0.05) is 62.7 Å². The molecule has 0 spiro atoms. The molecule has 0 aliphatic heterocycles. The molecular formula is C18H25N. The molecule has 0 saturated carbocycles. The molecule has 0 saturated heterocycles. The number of benzene rings is 2. The lowest BCUT2D eigenvalue weighted by Crippen LogP contribution is -2.30. The van der Waals surface area contributed by atoms with Crippen LogP contribution < -0.4 is 5.32 Å². The van der Waals surface area contributed by atoms with Crippen LogP contribution in [-0.2, 0) is 0 Å². The molecule has 102 valence electrons. The van der Waals surface area contributed by atoms with Crippen molar-refractivity contribution in [2.45, 2.75) is 52.1 Å². The quantitative estimate of drug-likeness (QED) is 0.760. The van der Waals surface area contributed by atoms with E-state index in [0.29, 0.717) is 12.1 Å². The highest BCUT2D eigenvalue weighted by molar-refractivity contribution is 5.86. The smallest absolute Gasteiger partial charge is 0.0300 e. The second kappa shape index (κ2) is 6.72. The van der Waals surface area contributed by atoms with Gasteiger partial charge in [0.25, 0.3) is 0 Å². The topological polar surface area (TPSA) is 12.0 Å². The van der Waals surface area contributed by atoms with E-state index in [1.165, 1.54) is 35.6 Å². The molecule has 1 nitrogen and oxygen atoms in total. The minimum atomic E-state index is 0.405. The molecule has 0 aromatic heterocycles. The first-order valence-corrected chi connectivity index (χ1v) is 7.50. The third kappa shape index (κ3) is 3.36. The summed E-state index contributed by atoms with van der Waals surface area (Å²) in [6.07, 6.45) is 3.70. The van der Waals surface area contributed by atoms with Crippen molar-refractivity contribution in [1.29, 1.82) is 0 Å². The Morgan fingerprint density at radius 2 is 1.74 bits per heavy atom. The number of fused-ring (bicyclic) bond motifs is 1. The summed E-state index contributed by atoms with van der Waals surface area (Å²) in [5, 5.41) is 6.48. The number of rotatable bonds is 6. The molecule has 0 aliphatic carbocycles. The summed E-state index contributed by atoms with van der Waals surface area (Å²) in [6.45, 7) is 6.80. The van der Waals surface area contributed by atoms with Gasteiger partial charge in [-0.25, -0.2) is 0 Å². The molecule has 0 fully saturated rings. The van der Waals surface area contributed by atoms with Crippen molar-refractivity contribution in [2.24, 2.45) is 0 Å². The maximum Gasteiger partial charge on any atom is 0.0300 e. The van der Waals surface area contributed by atoms with Crippen molar-refractivity contribution < 1.29 is 0 Å². The number of hydrogen-bond acceptors (Lipinski definition) is 1. The van der Waals surface area contributed by atoms with Crippen LogP contribution >= 0.6 is 0 Å². The third-order valence-electron chi connectivity index (χ3n) is 3.91. The molecule has 0 radical (unpaired) electrons. The first-order valence-electron chi connectivity index (χ1n) is 7.50. The van der Waals surface area contributed by atoms with Gasteiger partial charge < -0.3 is 5.32 Å². The summed E-state index contributed by atoms with van der Waals surface area (Å²) in [7, 11) is 0. The number of nitrogens with one attached hydrogen (secondary N) is 1. The van der Waals surface area contributed by atoms with Gasteiger partial charge in [0.1, 0.15) is 0 Å². The zero-order valence-electron chi connectivity index (χ0n) is 12.3. The standard InChI is InChI=1S/C18H25N/c1-4-9-16(5-2)19-14(3)17-13-8-11-15-10-6-7-12-18(15)17/h6-8,10-14,16,19H,4-5,9H2,1-3H3. The predicted octanol–water partition coefficient (Wildman–Crippen LogP) is 5.07. The van der Waals surface area contributed by atoms with Crippen molar-refractivity contribution in [3.8, 4) is 0 Å². The molecule has 2 atom stereocenters. The van der Waals surface area contributed by atoms with E-state index < -0.39 is 0 Å². The van der Waals surface area contributed by atoms with Gasteiger partial charge in [0, 0.05) is 12.1 Å². The molecular weight excluding hydrogens is 230 g/mol. The fraction of sp³-hybridized carbons (Fsp3) is 0.444. The average molecular weight is 255 g/mol. The van der Waals surface area contributed by atoms with Crippen LogP contribution in [0.25, 0.3) is 10.8 Å². The summed E-state index contributed by atoms with van der Waals surface area (Å²) in [4.78, 5) is 0. The molecule has 2 rings (SSSR count). The van der Waals surface area contributed by atoms with Gasteiger partial charge in [-0.2, -0.15) is 0 Å². The Bertz CT molecular complexity index is 513. The Morgan fingerprint density at radius 1 is 1.00 bits per heavy atom. The van der Waals surface area contributed by atoms with E-state index in [4.69, 9.17) is 0 Å². The van der Waals surface area contributed by atoms with Gasteiger partial charge in [0.15, 0.2) is 0 Å². The Balaban J connectivity index is 2.23. The lowest BCUT2D eigenvalue weighted by atomic mass is 9.98. The summed E-state index contributed by atoms with van der Waals surface area (Å²) in [5.41, 5.74) is 1.41. The Labute approximate surface area is 117 Å². The minimum Gasteiger partial charge on any atom is -0.307 e. The second-order valence-electron chi connectivity index (χ2n) is 5.35. The zero-order valence-corrected chi connectivity index (χ0v) is 12.3. The highest BCUT2D eigenvalue weighted by atomic mass is 14.9. The van der Waals surface area contributed by atoms with Gasteiger partial charge >= 0.3 is 0 Å². The van der Waals surface area contributed by atoms with Crippen molar-refractivity contribution in [3.05, 3.63) is 48.0 Å². The van der Waals surface area contributed by atoms with Crippen LogP contribution in [-0.4, -0.2) is 6.04 Å². The SMILES string of the molecule is CCCC(CC)NC(C)c1cccc2ccccc12. The molecule has 2 aromatic carbocycles. The molecule has 2 aromatic rings. The fourth-order valence-corrected chi connectivity index (χ4v) is 2.83. The first kappa shape index (κ1) is 14.1. The predicted molar refractivity (Wildman–Crippen MR) is 84.5 cm³/mol. The maximum atomic E-state index is 3.78. The maximum absolute atomic E-state index is 3.78. The van der Waals surface area contributed by atoms with Crippen molar-refractivity contribution in [2.75, 3.05) is 0 Å². The normalized spacial score (nSPS) is 14.5.